The van der Waals surface area contributed by atoms with E-state index in [0.29, 0.717) is 17.7 Å². The van der Waals surface area contributed by atoms with Gasteiger partial charge < -0.3 is 5.11 Å². The van der Waals surface area contributed by atoms with Crippen molar-refractivity contribution in [2.45, 2.75) is 65.1 Å². The van der Waals surface area contributed by atoms with E-state index in [4.69, 9.17) is 0 Å². The number of carbonyl (C=O) groups is 1. The molecule has 18 heavy (non-hydrogen) atoms. The third kappa shape index (κ3) is 2.12. The van der Waals surface area contributed by atoms with Crippen LogP contribution in [0.5, 0.6) is 0 Å². The number of nitrogens with zero attached hydrogens (tertiary/aromatic N) is 1. The smallest absolute Gasteiger partial charge is 0.152 e. The molecule has 0 radical (unpaired) electrons. The number of aliphatic hydroxyl groups is 1. The van der Waals surface area contributed by atoms with Gasteiger partial charge in [-0.3, -0.25) is 9.69 Å². The molecule has 1 saturated carbocycles. The van der Waals surface area contributed by atoms with Crippen LogP contribution in [0, 0.1) is 17.8 Å². The molecule has 2 unspecified atom stereocenters. The zero-order valence-electron chi connectivity index (χ0n) is 12.3. The molecular formula is C15H27NO2. The van der Waals surface area contributed by atoms with E-state index in [1.54, 1.807) is 0 Å². The highest BCUT2D eigenvalue weighted by Gasteiger charge is 2.56. The largest absolute Gasteiger partial charge is 0.390 e. The molecule has 1 N–H and O–H groups in total. The molecule has 4 atom stereocenters. The van der Waals surface area contributed by atoms with Crippen LogP contribution in [-0.2, 0) is 4.79 Å². The maximum Gasteiger partial charge on any atom is 0.152 e. The molecule has 1 saturated heterocycles. The molecule has 0 amide bonds. The molecule has 0 aromatic rings. The van der Waals surface area contributed by atoms with E-state index >= 15 is 0 Å². The van der Waals surface area contributed by atoms with Gasteiger partial charge in [-0.2, -0.15) is 0 Å². The molecule has 3 heteroatoms. The minimum Gasteiger partial charge on any atom is -0.390 e. The molecule has 1 heterocycles. The fraction of sp³-hybridized carbons (Fsp3) is 0.933. The van der Waals surface area contributed by atoms with Gasteiger partial charge in [0.2, 0.25) is 0 Å². The first-order valence-electron chi connectivity index (χ1n) is 7.27. The molecule has 0 bridgehead atoms. The molecule has 1 aliphatic carbocycles. The van der Waals surface area contributed by atoms with Crippen molar-refractivity contribution < 1.29 is 9.90 Å². The van der Waals surface area contributed by atoms with Crippen LogP contribution in [-0.4, -0.2) is 40.0 Å². The Hall–Kier alpha value is -0.410. The summed E-state index contributed by atoms with van der Waals surface area (Å²) < 4.78 is 0. The normalized spacial score (nSPS) is 40.8. The predicted molar refractivity (Wildman–Crippen MR) is 72.3 cm³/mol. The van der Waals surface area contributed by atoms with Crippen LogP contribution in [0.15, 0.2) is 0 Å². The summed E-state index contributed by atoms with van der Waals surface area (Å²) >= 11 is 0. The van der Waals surface area contributed by atoms with E-state index in [9.17, 15) is 9.90 Å². The number of hydrogen-bond donors (Lipinski definition) is 1. The summed E-state index contributed by atoms with van der Waals surface area (Å²) in [5.74, 6) is 1.07. The van der Waals surface area contributed by atoms with E-state index in [2.05, 4.69) is 18.7 Å². The monoisotopic (exact) mass is 253 g/mol. The van der Waals surface area contributed by atoms with Crippen molar-refractivity contribution in [2.75, 3.05) is 6.54 Å². The Kier molecular flexibility index (Phi) is 3.58. The standard InChI is InChI=1S/C15H27NO2/c1-9(2)14(17)13-11-6-7-15(5,18)12(11)8-16(13)10(3)4/h9-13,18H,6-8H2,1-5H3/t11-,12-,13?,15?/m0/s1. The summed E-state index contributed by atoms with van der Waals surface area (Å²) in [6, 6.07) is 0.406. The lowest BCUT2D eigenvalue weighted by Gasteiger charge is -2.31. The average molecular weight is 253 g/mol. The summed E-state index contributed by atoms with van der Waals surface area (Å²) in [6.07, 6.45) is 1.83. The fourth-order valence-electron chi connectivity index (χ4n) is 3.85. The second-order valence-electron chi connectivity index (χ2n) is 6.96. The zero-order chi connectivity index (χ0) is 13.7. The molecule has 0 aromatic heterocycles. The van der Waals surface area contributed by atoms with Gasteiger partial charge in [0.25, 0.3) is 0 Å². The van der Waals surface area contributed by atoms with Crippen LogP contribution in [0.25, 0.3) is 0 Å². The fourth-order valence-corrected chi connectivity index (χ4v) is 3.85. The third-order valence-electron chi connectivity index (χ3n) is 4.99. The van der Waals surface area contributed by atoms with Crippen molar-refractivity contribution in [3.05, 3.63) is 0 Å². The second kappa shape index (κ2) is 4.61. The van der Waals surface area contributed by atoms with Gasteiger partial charge in [0.05, 0.1) is 11.6 Å². The number of rotatable bonds is 3. The highest BCUT2D eigenvalue weighted by Crippen LogP contribution is 2.49. The van der Waals surface area contributed by atoms with Gasteiger partial charge >= 0.3 is 0 Å². The molecule has 104 valence electrons. The van der Waals surface area contributed by atoms with Gasteiger partial charge in [-0.05, 0) is 39.5 Å². The Morgan fingerprint density at radius 2 is 1.94 bits per heavy atom. The van der Waals surface area contributed by atoms with Crippen LogP contribution >= 0.6 is 0 Å². The van der Waals surface area contributed by atoms with Crippen molar-refractivity contribution in [3.8, 4) is 0 Å². The molecule has 2 rings (SSSR count). The lowest BCUT2D eigenvalue weighted by Crippen LogP contribution is -2.45. The van der Waals surface area contributed by atoms with Gasteiger partial charge in [-0.1, -0.05) is 13.8 Å². The van der Waals surface area contributed by atoms with Crippen LogP contribution < -0.4 is 0 Å². The van der Waals surface area contributed by atoms with Crippen molar-refractivity contribution >= 4 is 5.78 Å². The summed E-state index contributed by atoms with van der Waals surface area (Å²) in [4.78, 5) is 14.8. The maximum absolute atomic E-state index is 12.5. The van der Waals surface area contributed by atoms with Crippen LogP contribution in [0.1, 0.15) is 47.5 Å². The molecule has 3 nitrogen and oxygen atoms in total. The number of hydrogen-bond acceptors (Lipinski definition) is 3. The van der Waals surface area contributed by atoms with Crippen LogP contribution in [0.4, 0.5) is 0 Å². The first kappa shape index (κ1) is 14.0. The molecule has 0 spiro atoms. The Balaban J connectivity index is 2.27. The van der Waals surface area contributed by atoms with E-state index in [0.717, 1.165) is 19.4 Å². The first-order valence-corrected chi connectivity index (χ1v) is 7.27. The van der Waals surface area contributed by atoms with Gasteiger partial charge in [0.1, 0.15) is 0 Å². The van der Waals surface area contributed by atoms with E-state index < -0.39 is 5.60 Å². The lowest BCUT2D eigenvalue weighted by atomic mass is 9.84. The highest BCUT2D eigenvalue weighted by molar-refractivity contribution is 5.86. The van der Waals surface area contributed by atoms with Crippen molar-refractivity contribution in [1.29, 1.82) is 0 Å². The van der Waals surface area contributed by atoms with Gasteiger partial charge in [0, 0.05) is 24.4 Å². The Bertz CT molecular complexity index is 335. The second-order valence-corrected chi connectivity index (χ2v) is 6.96. The lowest BCUT2D eigenvalue weighted by molar-refractivity contribution is -0.128. The van der Waals surface area contributed by atoms with Crippen molar-refractivity contribution in [1.82, 2.24) is 4.90 Å². The Morgan fingerprint density at radius 1 is 1.33 bits per heavy atom. The number of Topliss-reactive ketones (excluding diaryl/α,β-unsaturated/α-hetero) is 1. The van der Waals surface area contributed by atoms with E-state index in [1.807, 2.05) is 20.8 Å². The Labute approximate surface area is 111 Å². The third-order valence-corrected chi connectivity index (χ3v) is 4.99. The summed E-state index contributed by atoms with van der Waals surface area (Å²) in [5.41, 5.74) is -0.580. The predicted octanol–water partition coefficient (Wildman–Crippen LogP) is 2.08. The minimum absolute atomic E-state index is 0.0315. The van der Waals surface area contributed by atoms with Gasteiger partial charge in [-0.15, -0.1) is 0 Å². The van der Waals surface area contributed by atoms with Crippen LogP contribution in [0.3, 0.4) is 0 Å². The zero-order valence-corrected chi connectivity index (χ0v) is 12.3. The molecule has 2 fully saturated rings. The first-order chi connectivity index (χ1) is 8.25. The van der Waals surface area contributed by atoms with Crippen molar-refractivity contribution in [2.24, 2.45) is 17.8 Å². The topological polar surface area (TPSA) is 40.5 Å². The molecular weight excluding hydrogens is 226 g/mol. The molecule has 1 aliphatic heterocycles. The summed E-state index contributed by atoms with van der Waals surface area (Å²) in [5, 5.41) is 10.5. The summed E-state index contributed by atoms with van der Waals surface area (Å²) in [7, 11) is 0. The van der Waals surface area contributed by atoms with Crippen molar-refractivity contribution in [3.63, 3.8) is 0 Å². The molecule has 2 aliphatic rings. The summed E-state index contributed by atoms with van der Waals surface area (Å²) in [6.45, 7) is 11.1. The quantitative estimate of drug-likeness (QED) is 0.837. The van der Waals surface area contributed by atoms with Gasteiger partial charge in [0.15, 0.2) is 5.78 Å². The SMILES string of the molecule is CC(C)C(=O)C1[C@H]2CCC(C)(O)[C@H]2CN1C(C)C. The van der Waals surface area contributed by atoms with Crippen LogP contribution in [0.2, 0.25) is 0 Å². The van der Waals surface area contributed by atoms with Gasteiger partial charge in [-0.25, -0.2) is 0 Å². The average Bonchev–Trinajstić information content (AvgIpc) is 2.76. The Morgan fingerprint density at radius 3 is 2.44 bits per heavy atom. The number of fused-ring (bicyclic) bond motifs is 1. The number of likely N-dealkylation sites (tertiary alicyclic amines) is 1. The molecule has 0 aromatic carbocycles. The van der Waals surface area contributed by atoms with E-state index in [-0.39, 0.29) is 17.9 Å². The van der Waals surface area contributed by atoms with E-state index in [1.165, 1.54) is 0 Å². The number of ketones is 1. The maximum atomic E-state index is 12.5. The minimum atomic E-state index is -0.580. The number of carbonyl (C=O) groups excluding carboxylic acids is 1. The highest BCUT2D eigenvalue weighted by atomic mass is 16.3.